The number of nitrogens with zero attached hydrogens (tertiary/aromatic N) is 6. The molecule has 0 spiro atoms. The van der Waals surface area contributed by atoms with Gasteiger partial charge in [0.1, 0.15) is 12.1 Å². The van der Waals surface area contributed by atoms with Gasteiger partial charge in [0, 0.05) is 43.9 Å². The maximum atomic E-state index is 12.3. The molecule has 0 saturated carbocycles. The molecule has 3 atom stereocenters. The molecule has 0 aromatic carbocycles. The van der Waals surface area contributed by atoms with Gasteiger partial charge in [0.15, 0.2) is 5.65 Å². The van der Waals surface area contributed by atoms with E-state index in [0.29, 0.717) is 30.6 Å². The first-order chi connectivity index (χ1) is 13.3. The first-order valence-corrected chi connectivity index (χ1v) is 9.00. The number of aromatic nitrogens is 5. The molecule has 5 rings (SSSR count). The van der Waals surface area contributed by atoms with Crippen LogP contribution in [0.5, 0.6) is 0 Å². The summed E-state index contributed by atoms with van der Waals surface area (Å²) in [5.41, 5.74) is 1.30. The van der Waals surface area contributed by atoms with Crippen molar-refractivity contribution < 1.29 is 9.53 Å². The molecule has 2 fully saturated rings. The third-order valence-corrected chi connectivity index (χ3v) is 5.36. The minimum Gasteiger partial charge on any atom is -0.376 e. The number of fused-ring (bicyclic) bond motifs is 2. The van der Waals surface area contributed by atoms with Gasteiger partial charge in [0.25, 0.3) is 5.91 Å². The molecule has 9 heteroatoms. The fourth-order valence-electron chi connectivity index (χ4n) is 3.91. The molecule has 0 bridgehead atoms. The van der Waals surface area contributed by atoms with E-state index < -0.39 is 0 Å². The fourth-order valence-corrected chi connectivity index (χ4v) is 3.91. The highest BCUT2D eigenvalue weighted by Gasteiger charge is 2.44. The number of hydrogen-bond acceptors (Lipinski definition) is 7. The smallest absolute Gasteiger partial charge is 0.252 e. The van der Waals surface area contributed by atoms with Crippen molar-refractivity contribution in [3.05, 3.63) is 48.5 Å². The lowest BCUT2D eigenvalue weighted by Gasteiger charge is -2.20. The molecule has 0 unspecified atom stereocenters. The molecule has 2 aliphatic rings. The van der Waals surface area contributed by atoms with Gasteiger partial charge in [0.05, 0.1) is 18.3 Å². The van der Waals surface area contributed by atoms with Gasteiger partial charge in [-0.15, -0.1) is 15.3 Å². The third-order valence-electron chi connectivity index (χ3n) is 5.36. The van der Waals surface area contributed by atoms with Gasteiger partial charge in [-0.1, -0.05) is 0 Å². The number of pyridine rings is 1. The number of hydrogen-bond donors (Lipinski definition) is 1. The van der Waals surface area contributed by atoms with Crippen molar-refractivity contribution >= 4 is 17.4 Å². The first kappa shape index (κ1) is 16.1. The largest absolute Gasteiger partial charge is 0.376 e. The number of ether oxygens (including phenoxy) is 1. The van der Waals surface area contributed by atoms with E-state index >= 15 is 0 Å². The average molecular weight is 365 g/mol. The molecule has 0 aliphatic carbocycles. The van der Waals surface area contributed by atoms with Crippen molar-refractivity contribution in [3.63, 3.8) is 0 Å². The highest BCUT2D eigenvalue weighted by atomic mass is 16.5. The predicted molar refractivity (Wildman–Crippen MR) is 96.3 cm³/mol. The van der Waals surface area contributed by atoms with Crippen molar-refractivity contribution in [1.82, 2.24) is 30.1 Å². The van der Waals surface area contributed by atoms with Crippen molar-refractivity contribution in [3.8, 4) is 0 Å². The van der Waals surface area contributed by atoms with Crippen LogP contribution in [0.3, 0.4) is 0 Å². The zero-order valence-electron chi connectivity index (χ0n) is 14.6. The molecule has 1 amide bonds. The number of carbonyl (C=O) groups excluding carboxylic acids is 1. The Morgan fingerprint density at radius 1 is 1.30 bits per heavy atom. The van der Waals surface area contributed by atoms with Crippen LogP contribution in [0, 0.1) is 11.8 Å². The average Bonchev–Trinajstić information content (AvgIpc) is 3.42. The molecule has 138 valence electrons. The molecule has 5 heterocycles. The van der Waals surface area contributed by atoms with Crippen LogP contribution in [0.4, 0.5) is 5.82 Å². The molecular weight excluding hydrogens is 346 g/mol. The summed E-state index contributed by atoms with van der Waals surface area (Å²) in [6, 6.07) is 7.40. The summed E-state index contributed by atoms with van der Waals surface area (Å²) >= 11 is 0. The van der Waals surface area contributed by atoms with Crippen LogP contribution in [0.2, 0.25) is 0 Å². The summed E-state index contributed by atoms with van der Waals surface area (Å²) in [7, 11) is 0. The SMILES string of the molecule is O=C(NC[C@@H]1CO[C@@H]2CN(c3ccc4nncn4n3)C[C@H]12)c1cccnc1. The quantitative estimate of drug-likeness (QED) is 0.715. The molecule has 27 heavy (non-hydrogen) atoms. The molecule has 2 saturated heterocycles. The normalized spacial score (nSPS) is 24.3. The number of amides is 1. The standard InChI is InChI=1S/C18H19N7O2/c26-18(12-2-1-5-19-6-12)20-7-13-10-27-15-9-24(8-14(13)15)17-4-3-16-22-21-11-25(16)23-17/h1-6,11,13-15H,7-10H2,(H,20,26)/t13-,14-,15-/m1/s1. The van der Waals surface area contributed by atoms with Gasteiger partial charge in [-0.2, -0.15) is 4.52 Å². The summed E-state index contributed by atoms with van der Waals surface area (Å²) in [5, 5.41) is 15.4. The lowest BCUT2D eigenvalue weighted by molar-refractivity contribution is 0.0939. The lowest BCUT2D eigenvalue weighted by Crippen LogP contribution is -2.34. The van der Waals surface area contributed by atoms with E-state index in [2.05, 4.69) is 30.5 Å². The van der Waals surface area contributed by atoms with Gasteiger partial charge in [0.2, 0.25) is 0 Å². The Balaban J connectivity index is 1.24. The second kappa shape index (κ2) is 6.58. The summed E-state index contributed by atoms with van der Waals surface area (Å²) in [5.74, 6) is 1.46. The molecule has 3 aromatic rings. The molecule has 1 N–H and O–H groups in total. The van der Waals surface area contributed by atoms with Crippen LogP contribution in [0.1, 0.15) is 10.4 Å². The Labute approximate surface area is 155 Å². The Morgan fingerprint density at radius 3 is 3.15 bits per heavy atom. The van der Waals surface area contributed by atoms with E-state index in [1.165, 1.54) is 0 Å². The lowest BCUT2D eigenvalue weighted by atomic mass is 9.93. The summed E-state index contributed by atoms with van der Waals surface area (Å²) in [4.78, 5) is 18.5. The summed E-state index contributed by atoms with van der Waals surface area (Å²) < 4.78 is 7.66. The molecule has 2 aliphatic heterocycles. The highest BCUT2D eigenvalue weighted by Crippen LogP contribution is 2.35. The highest BCUT2D eigenvalue weighted by molar-refractivity contribution is 5.93. The number of carbonyl (C=O) groups is 1. The molecular formula is C18H19N7O2. The summed E-state index contributed by atoms with van der Waals surface area (Å²) in [6.45, 7) is 2.94. The number of rotatable bonds is 4. The van der Waals surface area contributed by atoms with Crippen molar-refractivity contribution in [2.75, 3.05) is 31.1 Å². The third kappa shape index (κ3) is 2.99. The van der Waals surface area contributed by atoms with Crippen molar-refractivity contribution in [2.45, 2.75) is 6.10 Å². The Hall–Kier alpha value is -3.07. The zero-order chi connectivity index (χ0) is 18.2. The van der Waals surface area contributed by atoms with Gasteiger partial charge >= 0.3 is 0 Å². The molecule has 9 nitrogen and oxygen atoms in total. The van der Waals surface area contributed by atoms with Crippen LogP contribution in [-0.4, -0.2) is 63.0 Å². The maximum absolute atomic E-state index is 12.3. The zero-order valence-corrected chi connectivity index (χ0v) is 14.6. The predicted octanol–water partition coefficient (Wildman–Crippen LogP) is 0.401. The maximum Gasteiger partial charge on any atom is 0.252 e. The second-order valence-electron chi connectivity index (χ2n) is 6.98. The topological polar surface area (TPSA) is 97.5 Å². The number of nitrogens with one attached hydrogen (secondary N) is 1. The minimum atomic E-state index is -0.0962. The van der Waals surface area contributed by atoms with Crippen LogP contribution < -0.4 is 10.2 Å². The van der Waals surface area contributed by atoms with E-state index in [4.69, 9.17) is 4.74 Å². The van der Waals surface area contributed by atoms with Crippen molar-refractivity contribution in [2.24, 2.45) is 11.8 Å². The van der Waals surface area contributed by atoms with Crippen LogP contribution in [0.25, 0.3) is 5.65 Å². The fraction of sp³-hybridized carbons (Fsp3) is 0.389. The van der Waals surface area contributed by atoms with Crippen LogP contribution in [0.15, 0.2) is 43.0 Å². The summed E-state index contributed by atoms with van der Waals surface area (Å²) in [6.07, 6.45) is 5.00. The monoisotopic (exact) mass is 365 g/mol. The Morgan fingerprint density at radius 2 is 2.26 bits per heavy atom. The van der Waals surface area contributed by atoms with Gasteiger partial charge < -0.3 is 15.0 Å². The van der Waals surface area contributed by atoms with Gasteiger partial charge in [-0.3, -0.25) is 9.78 Å². The Bertz CT molecular complexity index is 961. The van der Waals surface area contributed by atoms with Gasteiger partial charge in [-0.25, -0.2) is 0 Å². The van der Waals surface area contributed by atoms with E-state index in [-0.39, 0.29) is 12.0 Å². The van der Waals surface area contributed by atoms with E-state index in [1.807, 2.05) is 12.1 Å². The van der Waals surface area contributed by atoms with E-state index in [1.54, 1.807) is 35.4 Å². The van der Waals surface area contributed by atoms with Crippen molar-refractivity contribution in [1.29, 1.82) is 0 Å². The Kier molecular flexibility index (Phi) is 3.93. The van der Waals surface area contributed by atoms with E-state index in [0.717, 1.165) is 24.6 Å². The van der Waals surface area contributed by atoms with E-state index in [9.17, 15) is 4.79 Å². The van der Waals surface area contributed by atoms with Crippen LogP contribution in [-0.2, 0) is 4.74 Å². The molecule has 0 radical (unpaired) electrons. The first-order valence-electron chi connectivity index (χ1n) is 9.00. The van der Waals surface area contributed by atoms with Crippen LogP contribution >= 0.6 is 0 Å². The van der Waals surface area contributed by atoms with Gasteiger partial charge in [-0.05, 0) is 24.3 Å². The number of anilines is 1. The second-order valence-corrected chi connectivity index (χ2v) is 6.98. The molecule has 3 aromatic heterocycles. The minimum absolute atomic E-state index is 0.0962.